The fourth-order valence-corrected chi connectivity index (χ4v) is 3.44. The smallest absolute Gasteiger partial charge is 0.253 e. The second-order valence-corrected chi connectivity index (χ2v) is 7.14. The number of thiophene rings is 1. The van der Waals surface area contributed by atoms with Gasteiger partial charge in [-0.15, -0.1) is 11.3 Å². The van der Waals surface area contributed by atoms with Crippen LogP contribution in [0.2, 0.25) is 5.02 Å². The van der Waals surface area contributed by atoms with Crippen LogP contribution < -0.4 is 5.32 Å². The maximum atomic E-state index is 12.4. The highest BCUT2D eigenvalue weighted by molar-refractivity contribution is 9.10. The molecule has 1 atom stereocenters. The normalized spacial score (nSPS) is 12.4. The van der Waals surface area contributed by atoms with Gasteiger partial charge in [0.25, 0.3) is 5.91 Å². The number of hydrogen-bond acceptors (Lipinski definition) is 2. The van der Waals surface area contributed by atoms with E-state index in [1.165, 1.54) is 0 Å². The van der Waals surface area contributed by atoms with Crippen molar-refractivity contribution in [2.24, 2.45) is 5.92 Å². The summed E-state index contributed by atoms with van der Waals surface area (Å²) in [7, 11) is 0. The molecule has 0 bridgehead atoms. The Kier molecular flexibility index (Phi) is 5.24. The molecule has 20 heavy (non-hydrogen) atoms. The van der Waals surface area contributed by atoms with Crippen LogP contribution in [0, 0.1) is 5.92 Å². The third kappa shape index (κ3) is 3.62. The lowest BCUT2D eigenvalue weighted by molar-refractivity contribution is 0.0926. The highest BCUT2D eigenvalue weighted by Crippen LogP contribution is 2.27. The molecular weight excluding hydrogens is 358 g/mol. The van der Waals surface area contributed by atoms with Gasteiger partial charge in [0.1, 0.15) is 0 Å². The molecular formula is C15H15BrClNOS. The van der Waals surface area contributed by atoms with Crippen LogP contribution in [0.25, 0.3) is 0 Å². The molecule has 106 valence electrons. The van der Waals surface area contributed by atoms with Crippen LogP contribution in [0.1, 0.15) is 35.1 Å². The summed E-state index contributed by atoms with van der Waals surface area (Å²) in [6.45, 7) is 4.18. The van der Waals surface area contributed by atoms with Crippen molar-refractivity contribution in [3.05, 3.63) is 55.6 Å². The SMILES string of the molecule is CC(C)C(NC(=O)c1cc(Br)ccc1Cl)c1cccs1. The van der Waals surface area contributed by atoms with Crippen molar-refractivity contribution in [2.45, 2.75) is 19.9 Å². The van der Waals surface area contributed by atoms with Gasteiger partial charge in [-0.1, -0.05) is 47.4 Å². The van der Waals surface area contributed by atoms with Gasteiger partial charge in [0.05, 0.1) is 16.6 Å². The molecule has 0 fully saturated rings. The molecule has 0 saturated carbocycles. The number of rotatable bonds is 4. The number of halogens is 2. The Morgan fingerprint density at radius 3 is 2.70 bits per heavy atom. The second kappa shape index (κ2) is 6.74. The first kappa shape index (κ1) is 15.5. The van der Waals surface area contributed by atoms with Crippen molar-refractivity contribution < 1.29 is 4.79 Å². The average molecular weight is 373 g/mol. The predicted molar refractivity (Wildman–Crippen MR) is 88.5 cm³/mol. The summed E-state index contributed by atoms with van der Waals surface area (Å²) < 4.78 is 0.837. The number of carbonyl (C=O) groups is 1. The number of benzene rings is 1. The quantitative estimate of drug-likeness (QED) is 0.776. The largest absolute Gasteiger partial charge is 0.344 e. The van der Waals surface area contributed by atoms with Crippen molar-refractivity contribution in [1.29, 1.82) is 0 Å². The maximum absolute atomic E-state index is 12.4. The van der Waals surface area contributed by atoms with Crippen molar-refractivity contribution in [2.75, 3.05) is 0 Å². The van der Waals surface area contributed by atoms with E-state index >= 15 is 0 Å². The molecule has 5 heteroatoms. The summed E-state index contributed by atoms with van der Waals surface area (Å²) in [5.74, 6) is 0.159. The molecule has 0 spiro atoms. The number of hydrogen-bond donors (Lipinski definition) is 1. The fourth-order valence-electron chi connectivity index (χ4n) is 1.93. The molecule has 1 heterocycles. The Morgan fingerprint density at radius 1 is 1.35 bits per heavy atom. The Balaban J connectivity index is 2.23. The summed E-state index contributed by atoms with van der Waals surface area (Å²) >= 11 is 11.1. The summed E-state index contributed by atoms with van der Waals surface area (Å²) in [6, 6.07) is 9.31. The molecule has 1 unspecified atom stereocenters. The van der Waals surface area contributed by atoms with Gasteiger partial charge < -0.3 is 5.32 Å². The standard InChI is InChI=1S/C15H15BrClNOS/c1-9(2)14(13-4-3-7-20-13)18-15(19)11-8-10(16)5-6-12(11)17/h3-9,14H,1-2H3,(H,18,19). The lowest BCUT2D eigenvalue weighted by Gasteiger charge is -2.21. The van der Waals surface area contributed by atoms with E-state index in [9.17, 15) is 4.79 Å². The fraction of sp³-hybridized carbons (Fsp3) is 0.267. The third-order valence-corrected chi connectivity index (χ3v) is 4.75. The van der Waals surface area contributed by atoms with Crippen LogP contribution in [0.4, 0.5) is 0 Å². The predicted octanol–water partition coefficient (Wildman–Crippen LogP) is 5.29. The minimum Gasteiger partial charge on any atom is -0.344 e. The molecule has 1 amide bonds. The van der Waals surface area contributed by atoms with Crippen molar-refractivity contribution in [3.8, 4) is 0 Å². The van der Waals surface area contributed by atoms with Crippen LogP contribution in [0.15, 0.2) is 40.2 Å². The Labute approximate surface area is 136 Å². The van der Waals surface area contributed by atoms with Crippen molar-refractivity contribution in [1.82, 2.24) is 5.32 Å². The van der Waals surface area contributed by atoms with Crippen LogP contribution in [0.5, 0.6) is 0 Å². The molecule has 0 aliphatic heterocycles. The Morgan fingerprint density at radius 2 is 2.10 bits per heavy atom. The van der Waals surface area contributed by atoms with E-state index in [0.29, 0.717) is 16.5 Å². The minimum absolute atomic E-state index is 0.00227. The first-order valence-corrected chi connectivity index (χ1v) is 8.33. The maximum Gasteiger partial charge on any atom is 0.253 e. The van der Waals surface area contributed by atoms with E-state index in [4.69, 9.17) is 11.6 Å². The zero-order chi connectivity index (χ0) is 14.7. The molecule has 2 aromatic rings. The van der Waals surface area contributed by atoms with Gasteiger partial charge in [-0.05, 0) is 35.6 Å². The number of amides is 1. The average Bonchev–Trinajstić information content (AvgIpc) is 2.91. The third-order valence-electron chi connectivity index (χ3n) is 2.98. The number of carbonyl (C=O) groups excluding carboxylic acids is 1. The van der Waals surface area contributed by atoms with Crippen LogP contribution in [-0.2, 0) is 0 Å². The van der Waals surface area contributed by atoms with Gasteiger partial charge in [0.15, 0.2) is 0 Å². The zero-order valence-electron chi connectivity index (χ0n) is 11.2. The zero-order valence-corrected chi connectivity index (χ0v) is 14.3. The lowest BCUT2D eigenvalue weighted by atomic mass is 10.0. The molecule has 1 aromatic heterocycles. The number of nitrogens with one attached hydrogen (secondary N) is 1. The van der Waals surface area contributed by atoms with E-state index in [2.05, 4.69) is 35.1 Å². The molecule has 1 N–H and O–H groups in total. The molecule has 2 rings (SSSR count). The van der Waals surface area contributed by atoms with Gasteiger partial charge in [-0.3, -0.25) is 4.79 Å². The summed E-state index contributed by atoms with van der Waals surface area (Å²) in [6.07, 6.45) is 0. The van der Waals surface area contributed by atoms with E-state index in [0.717, 1.165) is 9.35 Å². The van der Waals surface area contributed by atoms with Crippen molar-refractivity contribution >= 4 is 44.8 Å². The van der Waals surface area contributed by atoms with Crippen LogP contribution in [0.3, 0.4) is 0 Å². The molecule has 1 aromatic carbocycles. The Bertz CT molecular complexity index is 598. The van der Waals surface area contributed by atoms with E-state index in [1.54, 1.807) is 23.5 Å². The molecule has 0 radical (unpaired) electrons. The molecule has 0 aliphatic carbocycles. The summed E-state index contributed by atoms with van der Waals surface area (Å²) in [4.78, 5) is 13.6. The molecule has 0 saturated heterocycles. The monoisotopic (exact) mass is 371 g/mol. The van der Waals surface area contributed by atoms with Crippen LogP contribution >= 0.6 is 38.9 Å². The van der Waals surface area contributed by atoms with Crippen molar-refractivity contribution in [3.63, 3.8) is 0 Å². The first-order valence-electron chi connectivity index (χ1n) is 6.28. The Hall–Kier alpha value is -0.840. The van der Waals surface area contributed by atoms with Gasteiger partial charge >= 0.3 is 0 Å². The van der Waals surface area contributed by atoms with Gasteiger partial charge in [-0.2, -0.15) is 0 Å². The molecule has 0 aliphatic rings. The lowest BCUT2D eigenvalue weighted by Crippen LogP contribution is -2.31. The van der Waals surface area contributed by atoms with E-state index in [-0.39, 0.29) is 11.9 Å². The summed E-state index contributed by atoms with van der Waals surface area (Å²) in [5, 5.41) is 5.54. The van der Waals surface area contributed by atoms with E-state index < -0.39 is 0 Å². The van der Waals surface area contributed by atoms with Gasteiger partial charge in [0.2, 0.25) is 0 Å². The van der Waals surface area contributed by atoms with E-state index in [1.807, 2.05) is 23.6 Å². The van der Waals surface area contributed by atoms with Crippen LogP contribution in [-0.4, -0.2) is 5.91 Å². The first-order chi connectivity index (χ1) is 9.49. The second-order valence-electron chi connectivity index (χ2n) is 4.83. The molecule has 2 nitrogen and oxygen atoms in total. The highest BCUT2D eigenvalue weighted by atomic mass is 79.9. The summed E-state index contributed by atoms with van der Waals surface area (Å²) in [5.41, 5.74) is 0.489. The topological polar surface area (TPSA) is 29.1 Å². The van der Waals surface area contributed by atoms with Gasteiger partial charge in [0, 0.05) is 9.35 Å². The minimum atomic E-state index is -0.150. The highest BCUT2D eigenvalue weighted by Gasteiger charge is 2.21. The van der Waals surface area contributed by atoms with Gasteiger partial charge in [-0.25, -0.2) is 0 Å².